The molecule has 2 rings (SSSR count). The Morgan fingerprint density at radius 1 is 1.24 bits per heavy atom. The van der Waals surface area contributed by atoms with Gasteiger partial charge in [0, 0.05) is 11.1 Å². The minimum Gasteiger partial charge on any atom is -0.451 e. The first-order chi connectivity index (χ1) is 11.9. The van der Waals surface area contributed by atoms with Gasteiger partial charge >= 0.3 is 5.97 Å². The zero-order valence-corrected chi connectivity index (χ0v) is 15.3. The highest BCUT2D eigenvalue weighted by Gasteiger charge is 2.23. The van der Waals surface area contributed by atoms with Crippen molar-refractivity contribution in [2.45, 2.75) is 44.8 Å². The summed E-state index contributed by atoms with van der Waals surface area (Å²) in [4.78, 5) is 35.8. The average Bonchev–Trinajstić information content (AvgIpc) is 3.05. The lowest BCUT2D eigenvalue weighted by Gasteiger charge is -2.17. The Kier molecular flexibility index (Phi) is 7.08. The van der Waals surface area contributed by atoms with Gasteiger partial charge in [-0.05, 0) is 38.0 Å². The van der Waals surface area contributed by atoms with Gasteiger partial charge < -0.3 is 15.4 Å². The maximum Gasteiger partial charge on any atom is 0.326 e. The third kappa shape index (κ3) is 5.90. The first kappa shape index (κ1) is 19.5. The fourth-order valence-electron chi connectivity index (χ4n) is 2.60. The molecule has 0 saturated heterocycles. The number of esters is 1. The lowest BCUT2D eigenvalue weighted by Crippen LogP contribution is -2.42. The number of rotatable bonds is 6. The number of benzene rings is 1. The Labute approximate surface area is 156 Å². The van der Waals surface area contributed by atoms with E-state index in [0.29, 0.717) is 5.02 Å². The Bertz CT molecular complexity index is 660. The summed E-state index contributed by atoms with van der Waals surface area (Å²) in [5.41, 5.74) is 0.200. The van der Waals surface area contributed by atoms with Crippen molar-refractivity contribution in [3.63, 3.8) is 0 Å². The maximum atomic E-state index is 12.0. The van der Waals surface area contributed by atoms with Gasteiger partial charge in [0.25, 0.3) is 11.8 Å². The lowest BCUT2D eigenvalue weighted by atomic mass is 10.2. The predicted molar refractivity (Wildman–Crippen MR) is 94.7 cm³/mol. The number of amides is 2. The molecule has 0 bridgehead atoms. The van der Waals surface area contributed by atoms with Crippen LogP contribution >= 0.6 is 23.2 Å². The summed E-state index contributed by atoms with van der Waals surface area (Å²) in [6.07, 6.45) is 3.18. The number of halogens is 2. The fourth-order valence-corrected chi connectivity index (χ4v) is 3.10. The second-order valence-electron chi connectivity index (χ2n) is 5.93. The molecule has 25 heavy (non-hydrogen) atoms. The molecule has 0 unspecified atom stereocenters. The summed E-state index contributed by atoms with van der Waals surface area (Å²) in [5.74, 6) is -1.55. The maximum absolute atomic E-state index is 12.0. The van der Waals surface area contributed by atoms with E-state index < -0.39 is 18.0 Å². The van der Waals surface area contributed by atoms with Crippen molar-refractivity contribution < 1.29 is 19.1 Å². The van der Waals surface area contributed by atoms with Crippen molar-refractivity contribution in [1.29, 1.82) is 0 Å². The van der Waals surface area contributed by atoms with Crippen LogP contribution in [0.2, 0.25) is 10.0 Å². The summed E-state index contributed by atoms with van der Waals surface area (Å²) in [5, 5.41) is 5.85. The van der Waals surface area contributed by atoms with Crippen molar-refractivity contribution in [3.8, 4) is 0 Å². The standard InChI is InChI=1S/C17H20Cl2N2O4/c1-10(16(23)21-12-4-2-3-5-12)25-15(22)9-20-17(24)13-7-6-11(18)8-14(13)19/h6-8,10,12H,2-5,9H2,1H3,(H,20,24)(H,21,23)/t10-/m0/s1. The third-order valence-electron chi connectivity index (χ3n) is 3.95. The summed E-state index contributed by atoms with van der Waals surface area (Å²) < 4.78 is 5.04. The first-order valence-corrected chi connectivity index (χ1v) is 8.85. The van der Waals surface area contributed by atoms with E-state index in [2.05, 4.69) is 10.6 Å². The minimum atomic E-state index is -0.913. The van der Waals surface area contributed by atoms with E-state index in [1.807, 2.05) is 0 Å². The molecule has 0 spiro atoms. The molecule has 0 aliphatic heterocycles. The highest BCUT2D eigenvalue weighted by molar-refractivity contribution is 6.36. The van der Waals surface area contributed by atoms with Crippen molar-refractivity contribution in [2.24, 2.45) is 0 Å². The smallest absolute Gasteiger partial charge is 0.326 e. The van der Waals surface area contributed by atoms with Crippen LogP contribution in [-0.2, 0) is 14.3 Å². The molecule has 0 heterocycles. The monoisotopic (exact) mass is 386 g/mol. The molecule has 1 aromatic carbocycles. The molecule has 136 valence electrons. The second-order valence-corrected chi connectivity index (χ2v) is 6.77. The second kappa shape index (κ2) is 9.06. The Morgan fingerprint density at radius 3 is 2.56 bits per heavy atom. The summed E-state index contributed by atoms with van der Waals surface area (Å²) in [7, 11) is 0. The minimum absolute atomic E-state index is 0.153. The number of carbonyl (C=O) groups excluding carboxylic acids is 3. The number of hydrogen-bond acceptors (Lipinski definition) is 4. The van der Waals surface area contributed by atoms with Crippen LogP contribution in [-0.4, -0.2) is 36.5 Å². The molecule has 6 nitrogen and oxygen atoms in total. The van der Waals surface area contributed by atoms with Gasteiger partial charge in [-0.1, -0.05) is 36.0 Å². The SMILES string of the molecule is C[C@H](OC(=O)CNC(=O)c1ccc(Cl)cc1Cl)C(=O)NC1CCCC1. The van der Waals surface area contributed by atoms with E-state index in [0.717, 1.165) is 25.7 Å². The van der Waals surface area contributed by atoms with Gasteiger partial charge in [0.2, 0.25) is 0 Å². The molecule has 8 heteroatoms. The highest BCUT2D eigenvalue weighted by Crippen LogP contribution is 2.20. The molecule has 1 atom stereocenters. The molecule has 0 aromatic heterocycles. The van der Waals surface area contributed by atoms with Crippen molar-refractivity contribution >= 4 is 41.0 Å². The molecule has 2 amide bonds. The van der Waals surface area contributed by atoms with E-state index in [1.165, 1.54) is 25.1 Å². The van der Waals surface area contributed by atoms with Gasteiger partial charge in [-0.2, -0.15) is 0 Å². The number of nitrogens with one attached hydrogen (secondary N) is 2. The van der Waals surface area contributed by atoms with Crippen molar-refractivity contribution in [1.82, 2.24) is 10.6 Å². The summed E-state index contributed by atoms with van der Waals surface area (Å²) >= 11 is 11.7. The normalized spacial score (nSPS) is 15.5. The predicted octanol–water partition coefficient (Wildman–Crippen LogP) is 2.71. The van der Waals surface area contributed by atoms with E-state index in [-0.39, 0.29) is 29.1 Å². The molecular weight excluding hydrogens is 367 g/mol. The Morgan fingerprint density at radius 2 is 1.92 bits per heavy atom. The van der Waals surface area contributed by atoms with Gasteiger partial charge in [0.05, 0.1) is 10.6 Å². The molecule has 1 aliphatic carbocycles. The fraction of sp³-hybridized carbons (Fsp3) is 0.471. The topological polar surface area (TPSA) is 84.5 Å². The van der Waals surface area contributed by atoms with Crippen LogP contribution in [0, 0.1) is 0 Å². The van der Waals surface area contributed by atoms with Crippen LogP contribution < -0.4 is 10.6 Å². The zero-order chi connectivity index (χ0) is 18.4. The first-order valence-electron chi connectivity index (χ1n) is 8.10. The molecule has 1 saturated carbocycles. The Hall–Kier alpha value is -1.79. The zero-order valence-electron chi connectivity index (χ0n) is 13.8. The van der Waals surface area contributed by atoms with Crippen LogP contribution in [0.4, 0.5) is 0 Å². The molecule has 1 aliphatic rings. The van der Waals surface area contributed by atoms with Crippen LogP contribution in [0.1, 0.15) is 43.0 Å². The third-order valence-corrected chi connectivity index (χ3v) is 4.50. The molecule has 1 fully saturated rings. The van der Waals surface area contributed by atoms with Gasteiger partial charge in [0.1, 0.15) is 6.54 Å². The van der Waals surface area contributed by atoms with Crippen molar-refractivity contribution in [3.05, 3.63) is 33.8 Å². The number of ether oxygens (including phenoxy) is 1. The van der Waals surface area contributed by atoms with Gasteiger partial charge in [0.15, 0.2) is 6.10 Å². The molecule has 1 aromatic rings. The number of hydrogen-bond donors (Lipinski definition) is 2. The van der Waals surface area contributed by atoms with E-state index in [1.54, 1.807) is 0 Å². The average molecular weight is 387 g/mol. The van der Waals surface area contributed by atoms with Crippen LogP contribution in [0.3, 0.4) is 0 Å². The summed E-state index contributed by atoms with van der Waals surface area (Å²) in [6.45, 7) is 1.14. The van der Waals surface area contributed by atoms with Crippen LogP contribution in [0.15, 0.2) is 18.2 Å². The van der Waals surface area contributed by atoms with Crippen molar-refractivity contribution in [2.75, 3.05) is 6.54 Å². The van der Waals surface area contributed by atoms with Gasteiger partial charge in [-0.25, -0.2) is 0 Å². The van der Waals surface area contributed by atoms with Gasteiger partial charge in [-0.15, -0.1) is 0 Å². The Balaban J connectivity index is 1.77. The molecular formula is C17H20Cl2N2O4. The van der Waals surface area contributed by atoms with E-state index >= 15 is 0 Å². The quantitative estimate of drug-likeness (QED) is 0.736. The van der Waals surface area contributed by atoms with E-state index in [4.69, 9.17) is 27.9 Å². The van der Waals surface area contributed by atoms with Gasteiger partial charge in [-0.3, -0.25) is 14.4 Å². The molecule has 2 N–H and O–H groups in total. The largest absolute Gasteiger partial charge is 0.451 e. The number of carbonyl (C=O) groups is 3. The lowest BCUT2D eigenvalue weighted by molar-refractivity contribution is -0.154. The van der Waals surface area contributed by atoms with Crippen LogP contribution in [0.5, 0.6) is 0 Å². The van der Waals surface area contributed by atoms with Crippen LogP contribution in [0.25, 0.3) is 0 Å². The summed E-state index contributed by atoms with van der Waals surface area (Å²) in [6, 6.07) is 4.57. The highest BCUT2D eigenvalue weighted by atomic mass is 35.5. The molecule has 0 radical (unpaired) electrons. The van der Waals surface area contributed by atoms with E-state index in [9.17, 15) is 14.4 Å².